The molecule has 15 heavy (non-hydrogen) atoms. The van der Waals surface area contributed by atoms with Crippen LogP contribution in [0.5, 0.6) is 0 Å². The molecule has 1 heteroatoms. The van der Waals surface area contributed by atoms with Gasteiger partial charge in [-0.25, -0.2) is 0 Å². The second-order valence-electron chi connectivity index (χ2n) is 5.10. The van der Waals surface area contributed by atoms with Crippen LogP contribution in [0.1, 0.15) is 71.6 Å². The minimum Gasteiger partial charge on any atom is -0.314 e. The molecular weight excluding hydrogens is 182 g/mol. The van der Waals surface area contributed by atoms with Gasteiger partial charge in [0.05, 0.1) is 0 Å². The SMILES string of the molecule is CCCCC(NCCC)C1CCCCC1. The number of hydrogen-bond acceptors (Lipinski definition) is 1. The average molecular weight is 211 g/mol. The van der Waals surface area contributed by atoms with Gasteiger partial charge in [0.2, 0.25) is 0 Å². The van der Waals surface area contributed by atoms with Gasteiger partial charge < -0.3 is 5.32 Å². The highest BCUT2D eigenvalue weighted by Gasteiger charge is 2.22. The van der Waals surface area contributed by atoms with Gasteiger partial charge in [0.15, 0.2) is 0 Å². The summed E-state index contributed by atoms with van der Waals surface area (Å²) >= 11 is 0. The van der Waals surface area contributed by atoms with Crippen molar-refractivity contribution in [1.82, 2.24) is 5.32 Å². The summed E-state index contributed by atoms with van der Waals surface area (Å²) in [7, 11) is 0. The molecule has 0 aromatic rings. The Labute approximate surface area is 96.0 Å². The Morgan fingerprint density at radius 2 is 1.80 bits per heavy atom. The average Bonchev–Trinajstić information content (AvgIpc) is 2.30. The summed E-state index contributed by atoms with van der Waals surface area (Å²) in [5.41, 5.74) is 0. The van der Waals surface area contributed by atoms with Gasteiger partial charge in [0, 0.05) is 6.04 Å². The van der Waals surface area contributed by atoms with Crippen LogP contribution in [0, 0.1) is 5.92 Å². The Bertz CT molecular complexity index is 130. The van der Waals surface area contributed by atoms with Crippen LogP contribution in [-0.4, -0.2) is 12.6 Å². The number of nitrogens with one attached hydrogen (secondary N) is 1. The molecule has 0 heterocycles. The van der Waals surface area contributed by atoms with Crippen LogP contribution in [0.2, 0.25) is 0 Å². The number of hydrogen-bond donors (Lipinski definition) is 1. The highest BCUT2D eigenvalue weighted by molar-refractivity contribution is 4.79. The summed E-state index contributed by atoms with van der Waals surface area (Å²) in [6, 6.07) is 0.824. The van der Waals surface area contributed by atoms with E-state index in [9.17, 15) is 0 Å². The summed E-state index contributed by atoms with van der Waals surface area (Å²) in [6.45, 7) is 5.79. The van der Waals surface area contributed by atoms with Crippen LogP contribution in [0.15, 0.2) is 0 Å². The predicted molar refractivity (Wildman–Crippen MR) is 68.2 cm³/mol. The fraction of sp³-hybridized carbons (Fsp3) is 1.00. The van der Waals surface area contributed by atoms with E-state index in [1.165, 1.54) is 64.3 Å². The first-order valence-corrected chi connectivity index (χ1v) is 7.11. The molecule has 0 amide bonds. The normalized spacial score (nSPS) is 20.4. The largest absolute Gasteiger partial charge is 0.314 e. The van der Waals surface area contributed by atoms with E-state index in [4.69, 9.17) is 0 Å². The topological polar surface area (TPSA) is 12.0 Å². The predicted octanol–water partition coefficient (Wildman–Crippen LogP) is 4.13. The molecule has 1 unspecified atom stereocenters. The Morgan fingerprint density at radius 3 is 2.40 bits per heavy atom. The lowest BCUT2D eigenvalue weighted by Crippen LogP contribution is -2.37. The molecule has 0 saturated heterocycles. The van der Waals surface area contributed by atoms with Crippen molar-refractivity contribution < 1.29 is 0 Å². The molecule has 1 saturated carbocycles. The highest BCUT2D eigenvalue weighted by Crippen LogP contribution is 2.28. The molecular formula is C14H29N. The molecule has 0 bridgehead atoms. The van der Waals surface area contributed by atoms with Gasteiger partial charge in [-0.05, 0) is 38.1 Å². The first-order valence-electron chi connectivity index (χ1n) is 7.11. The molecule has 0 spiro atoms. The van der Waals surface area contributed by atoms with Gasteiger partial charge in [-0.2, -0.15) is 0 Å². The fourth-order valence-electron chi connectivity index (χ4n) is 2.79. The molecule has 0 aromatic heterocycles. The highest BCUT2D eigenvalue weighted by atomic mass is 14.9. The van der Waals surface area contributed by atoms with E-state index >= 15 is 0 Å². The third-order valence-corrected chi connectivity index (χ3v) is 3.74. The van der Waals surface area contributed by atoms with Crippen LogP contribution in [0.25, 0.3) is 0 Å². The Morgan fingerprint density at radius 1 is 1.07 bits per heavy atom. The molecule has 1 fully saturated rings. The van der Waals surface area contributed by atoms with Crippen LogP contribution < -0.4 is 5.32 Å². The molecule has 90 valence electrons. The van der Waals surface area contributed by atoms with Crippen molar-refractivity contribution >= 4 is 0 Å². The van der Waals surface area contributed by atoms with Crippen molar-refractivity contribution in [1.29, 1.82) is 0 Å². The van der Waals surface area contributed by atoms with Gasteiger partial charge >= 0.3 is 0 Å². The van der Waals surface area contributed by atoms with Crippen molar-refractivity contribution in [3.05, 3.63) is 0 Å². The third-order valence-electron chi connectivity index (χ3n) is 3.74. The maximum absolute atomic E-state index is 3.77. The van der Waals surface area contributed by atoms with E-state index in [0.717, 1.165) is 12.0 Å². The van der Waals surface area contributed by atoms with Crippen molar-refractivity contribution in [3.63, 3.8) is 0 Å². The minimum absolute atomic E-state index is 0.824. The molecule has 1 atom stereocenters. The maximum Gasteiger partial charge on any atom is 0.00953 e. The molecule has 1 N–H and O–H groups in total. The van der Waals surface area contributed by atoms with Gasteiger partial charge in [-0.3, -0.25) is 0 Å². The lowest BCUT2D eigenvalue weighted by atomic mass is 9.82. The molecule has 0 aromatic carbocycles. The fourth-order valence-corrected chi connectivity index (χ4v) is 2.79. The zero-order chi connectivity index (χ0) is 10.9. The molecule has 1 aliphatic carbocycles. The van der Waals surface area contributed by atoms with Crippen LogP contribution in [0.3, 0.4) is 0 Å². The molecule has 0 radical (unpaired) electrons. The van der Waals surface area contributed by atoms with E-state index in [2.05, 4.69) is 19.2 Å². The van der Waals surface area contributed by atoms with Crippen LogP contribution in [-0.2, 0) is 0 Å². The van der Waals surface area contributed by atoms with Crippen molar-refractivity contribution in [2.75, 3.05) is 6.54 Å². The zero-order valence-electron chi connectivity index (χ0n) is 10.7. The molecule has 1 rings (SSSR count). The molecule has 1 aliphatic rings. The van der Waals surface area contributed by atoms with Gasteiger partial charge in [0.1, 0.15) is 0 Å². The number of rotatable bonds is 7. The van der Waals surface area contributed by atoms with E-state index in [1.807, 2.05) is 0 Å². The third kappa shape index (κ3) is 5.01. The first-order chi connectivity index (χ1) is 7.38. The minimum atomic E-state index is 0.824. The lowest BCUT2D eigenvalue weighted by Gasteiger charge is -2.31. The van der Waals surface area contributed by atoms with Gasteiger partial charge in [-0.1, -0.05) is 46.0 Å². The standard InChI is InChI=1S/C14H29N/c1-3-5-11-14(15-12-4-2)13-9-7-6-8-10-13/h13-15H,3-12H2,1-2H3. The summed E-state index contributed by atoms with van der Waals surface area (Å²) in [5, 5.41) is 3.77. The summed E-state index contributed by atoms with van der Waals surface area (Å²) in [6.07, 6.45) is 12.8. The van der Waals surface area contributed by atoms with Crippen molar-refractivity contribution in [3.8, 4) is 0 Å². The lowest BCUT2D eigenvalue weighted by molar-refractivity contribution is 0.255. The number of unbranched alkanes of at least 4 members (excludes halogenated alkanes) is 1. The molecule has 1 nitrogen and oxygen atoms in total. The van der Waals surface area contributed by atoms with Crippen molar-refractivity contribution in [2.24, 2.45) is 5.92 Å². The van der Waals surface area contributed by atoms with Crippen LogP contribution >= 0.6 is 0 Å². The maximum atomic E-state index is 3.77. The second kappa shape index (κ2) is 8.15. The van der Waals surface area contributed by atoms with Gasteiger partial charge in [0.25, 0.3) is 0 Å². The van der Waals surface area contributed by atoms with E-state index in [1.54, 1.807) is 0 Å². The Kier molecular flexibility index (Phi) is 7.08. The summed E-state index contributed by atoms with van der Waals surface area (Å²) < 4.78 is 0. The van der Waals surface area contributed by atoms with Crippen LogP contribution in [0.4, 0.5) is 0 Å². The summed E-state index contributed by atoms with van der Waals surface area (Å²) in [4.78, 5) is 0. The monoisotopic (exact) mass is 211 g/mol. The van der Waals surface area contributed by atoms with Crippen molar-refractivity contribution in [2.45, 2.75) is 77.7 Å². The molecule has 0 aliphatic heterocycles. The summed E-state index contributed by atoms with van der Waals surface area (Å²) in [5.74, 6) is 0.983. The first kappa shape index (κ1) is 13.0. The zero-order valence-corrected chi connectivity index (χ0v) is 10.7. The Balaban J connectivity index is 2.30. The van der Waals surface area contributed by atoms with E-state index in [0.29, 0.717) is 0 Å². The smallest absolute Gasteiger partial charge is 0.00953 e. The van der Waals surface area contributed by atoms with E-state index < -0.39 is 0 Å². The van der Waals surface area contributed by atoms with Gasteiger partial charge in [-0.15, -0.1) is 0 Å². The quantitative estimate of drug-likeness (QED) is 0.668. The second-order valence-corrected chi connectivity index (χ2v) is 5.10. The Hall–Kier alpha value is -0.0400. The van der Waals surface area contributed by atoms with E-state index in [-0.39, 0.29) is 0 Å².